The molecule has 0 aromatic heterocycles. The fraction of sp³-hybridized carbons (Fsp3) is 0.579. The lowest BCUT2D eigenvalue weighted by Crippen LogP contribution is -2.32. The van der Waals surface area contributed by atoms with Gasteiger partial charge < -0.3 is 21.3 Å². The van der Waals surface area contributed by atoms with Crippen molar-refractivity contribution in [3.63, 3.8) is 0 Å². The zero-order chi connectivity index (χ0) is 17.9. The minimum Gasteiger partial charge on any atom is -0.352 e. The molecular formula is C19H30N4O2. The molecule has 0 radical (unpaired) electrons. The summed E-state index contributed by atoms with van der Waals surface area (Å²) >= 11 is 0. The van der Waals surface area contributed by atoms with Gasteiger partial charge in [0.15, 0.2) is 0 Å². The molecule has 1 heterocycles. The maximum Gasteiger partial charge on any atom is 0.321 e. The normalized spacial score (nSPS) is 13.7. The van der Waals surface area contributed by atoms with Crippen molar-refractivity contribution < 1.29 is 9.59 Å². The summed E-state index contributed by atoms with van der Waals surface area (Å²) < 4.78 is 0. The van der Waals surface area contributed by atoms with Gasteiger partial charge in [0.2, 0.25) is 5.91 Å². The number of hydrogen-bond acceptors (Lipinski definition) is 3. The predicted molar refractivity (Wildman–Crippen MR) is 100 cm³/mol. The monoisotopic (exact) mass is 346 g/mol. The van der Waals surface area contributed by atoms with E-state index < -0.39 is 0 Å². The van der Waals surface area contributed by atoms with Gasteiger partial charge in [-0.1, -0.05) is 25.0 Å². The van der Waals surface area contributed by atoms with Gasteiger partial charge in [0.1, 0.15) is 0 Å². The molecule has 138 valence electrons. The van der Waals surface area contributed by atoms with E-state index in [4.69, 9.17) is 5.73 Å². The van der Waals surface area contributed by atoms with Crippen LogP contribution in [0.1, 0.15) is 50.5 Å². The third-order valence-corrected chi connectivity index (χ3v) is 4.42. The van der Waals surface area contributed by atoms with Crippen LogP contribution in [-0.2, 0) is 11.3 Å². The lowest BCUT2D eigenvalue weighted by molar-refractivity contribution is -0.121. The van der Waals surface area contributed by atoms with Crippen LogP contribution in [0.3, 0.4) is 0 Å². The number of anilines is 1. The first-order valence-corrected chi connectivity index (χ1v) is 9.30. The van der Waals surface area contributed by atoms with Crippen molar-refractivity contribution in [3.05, 3.63) is 29.8 Å². The molecule has 0 aliphatic carbocycles. The van der Waals surface area contributed by atoms with Crippen LogP contribution in [0.4, 0.5) is 10.5 Å². The molecule has 0 unspecified atom stereocenters. The van der Waals surface area contributed by atoms with Gasteiger partial charge in [-0.15, -0.1) is 0 Å². The van der Waals surface area contributed by atoms with Gasteiger partial charge in [0.25, 0.3) is 0 Å². The second-order valence-electron chi connectivity index (χ2n) is 6.55. The van der Waals surface area contributed by atoms with E-state index in [2.05, 4.69) is 10.6 Å². The Labute approximate surface area is 150 Å². The van der Waals surface area contributed by atoms with Crippen molar-refractivity contribution in [2.24, 2.45) is 5.73 Å². The topological polar surface area (TPSA) is 87.5 Å². The molecule has 0 atom stereocenters. The fourth-order valence-electron chi connectivity index (χ4n) is 2.95. The summed E-state index contributed by atoms with van der Waals surface area (Å²) in [6, 6.07) is 7.59. The molecule has 0 bridgehead atoms. The number of nitrogens with zero attached hydrogens (tertiary/aromatic N) is 1. The van der Waals surface area contributed by atoms with E-state index in [-0.39, 0.29) is 11.9 Å². The molecule has 4 N–H and O–H groups in total. The Bertz CT molecular complexity index is 556. The number of amides is 3. The molecule has 2 rings (SSSR count). The standard InChI is InChI=1S/C19H30N4O2/c20-11-4-2-1-3-10-18(24)21-15-16-8-7-9-17(14-16)22-19(25)23-12-5-6-13-23/h7-9,14H,1-6,10-13,15,20H2,(H,21,24)(H,22,25). The highest BCUT2D eigenvalue weighted by Gasteiger charge is 2.17. The number of rotatable bonds is 9. The number of nitrogens with two attached hydrogens (primary N) is 1. The lowest BCUT2D eigenvalue weighted by Gasteiger charge is -2.16. The second kappa shape index (κ2) is 10.7. The molecule has 3 amide bonds. The van der Waals surface area contributed by atoms with Gasteiger partial charge in [-0.25, -0.2) is 4.79 Å². The van der Waals surface area contributed by atoms with Crippen molar-refractivity contribution >= 4 is 17.6 Å². The zero-order valence-corrected chi connectivity index (χ0v) is 14.9. The summed E-state index contributed by atoms with van der Waals surface area (Å²) in [5.74, 6) is 0.0688. The van der Waals surface area contributed by atoms with Crippen molar-refractivity contribution in [1.29, 1.82) is 0 Å². The van der Waals surface area contributed by atoms with Crippen LogP contribution in [0.5, 0.6) is 0 Å². The Morgan fingerprint density at radius 1 is 1.08 bits per heavy atom. The van der Waals surface area contributed by atoms with Crippen molar-refractivity contribution in [1.82, 2.24) is 10.2 Å². The number of unbranched alkanes of at least 4 members (excludes halogenated alkanes) is 3. The van der Waals surface area contributed by atoms with Gasteiger partial charge in [-0.3, -0.25) is 4.79 Å². The Balaban J connectivity index is 1.71. The van der Waals surface area contributed by atoms with Gasteiger partial charge >= 0.3 is 6.03 Å². The highest BCUT2D eigenvalue weighted by Crippen LogP contribution is 2.14. The Kier molecular flexibility index (Phi) is 8.25. The average Bonchev–Trinajstić information content (AvgIpc) is 3.15. The highest BCUT2D eigenvalue weighted by molar-refractivity contribution is 5.89. The second-order valence-corrected chi connectivity index (χ2v) is 6.55. The number of benzene rings is 1. The first kappa shape index (κ1) is 19.2. The van der Waals surface area contributed by atoms with Crippen LogP contribution in [0.2, 0.25) is 0 Å². The van der Waals surface area contributed by atoms with E-state index in [9.17, 15) is 9.59 Å². The summed E-state index contributed by atoms with van der Waals surface area (Å²) in [7, 11) is 0. The quantitative estimate of drug-likeness (QED) is 0.601. The number of carbonyl (C=O) groups excluding carboxylic acids is 2. The number of urea groups is 1. The number of likely N-dealkylation sites (tertiary alicyclic amines) is 1. The Morgan fingerprint density at radius 2 is 1.84 bits per heavy atom. The smallest absolute Gasteiger partial charge is 0.321 e. The maximum atomic E-state index is 12.1. The minimum atomic E-state index is -0.0452. The molecule has 1 aliphatic heterocycles. The number of nitrogens with one attached hydrogen (secondary N) is 2. The summed E-state index contributed by atoms with van der Waals surface area (Å²) in [4.78, 5) is 25.8. The molecule has 0 saturated carbocycles. The molecule has 1 aromatic rings. The van der Waals surface area contributed by atoms with Crippen LogP contribution in [-0.4, -0.2) is 36.5 Å². The van der Waals surface area contributed by atoms with Gasteiger partial charge in [-0.05, 0) is 49.9 Å². The summed E-state index contributed by atoms with van der Waals surface area (Å²) in [5.41, 5.74) is 7.20. The van der Waals surface area contributed by atoms with E-state index in [1.807, 2.05) is 29.2 Å². The summed E-state index contributed by atoms with van der Waals surface area (Å²) in [6.45, 7) is 2.85. The molecule has 6 nitrogen and oxygen atoms in total. The van der Waals surface area contributed by atoms with Crippen LogP contribution < -0.4 is 16.4 Å². The Morgan fingerprint density at radius 3 is 2.60 bits per heavy atom. The summed E-state index contributed by atoms with van der Waals surface area (Å²) in [5, 5.41) is 5.87. The minimum absolute atomic E-state index is 0.0452. The SMILES string of the molecule is NCCCCCCC(=O)NCc1cccc(NC(=O)N2CCCC2)c1. The third-order valence-electron chi connectivity index (χ3n) is 4.42. The van der Waals surface area contributed by atoms with Crippen molar-refractivity contribution in [2.45, 2.75) is 51.5 Å². The van der Waals surface area contributed by atoms with Gasteiger partial charge in [-0.2, -0.15) is 0 Å². The number of hydrogen-bond donors (Lipinski definition) is 3. The van der Waals surface area contributed by atoms with Crippen LogP contribution >= 0.6 is 0 Å². The van der Waals surface area contributed by atoms with Crippen molar-refractivity contribution in [2.75, 3.05) is 25.0 Å². The van der Waals surface area contributed by atoms with Crippen molar-refractivity contribution in [3.8, 4) is 0 Å². The molecule has 1 saturated heterocycles. The Hall–Kier alpha value is -2.08. The van der Waals surface area contributed by atoms with Gasteiger partial charge in [0.05, 0.1) is 0 Å². The van der Waals surface area contributed by atoms with E-state index in [1.54, 1.807) is 0 Å². The largest absolute Gasteiger partial charge is 0.352 e. The van der Waals surface area contributed by atoms with E-state index in [0.29, 0.717) is 13.0 Å². The third kappa shape index (κ3) is 7.13. The maximum absolute atomic E-state index is 12.1. The summed E-state index contributed by atoms with van der Waals surface area (Å²) in [6.07, 6.45) is 6.76. The average molecular weight is 346 g/mol. The molecule has 1 aromatic carbocycles. The van der Waals surface area contributed by atoms with Gasteiger partial charge in [0, 0.05) is 31.7 Å². The molecule has 1 aliphatic rings. The number of carbonyl (C=O) groups is 2. The molecule has 0 spiro atoms. The fourth-order valence-corrected chi connectivity index (χ4v) is 2.95. The molecular weight excluding hydrogens is 316 g/mol. The van der Waals surface area contributed by atoms with E-state index >= 15 is 0 Å². The first-order valence-electron chi connectivity index (χ1n) is 9.30. The predicted octanol–water partition coefficient (Wildman–Crippen LogP) is 2.84. The highest BCUT2D eigenvalue weighted by atomic mass is 16.2. The van der Waals surface area contributed by atoms with Crippen LogP contribution in [0.25, 0.3) is 0 Å². The van der Waals surface area contributed by atoms with E-state index in [0.717, 1.165) is 69.4 Å². The molecule has 6 heteroatoms. The zero-order valence-electron chi connectivity index (χ0n) is 14.9. The lowest BCUT2D eigenvalue weighted by atomic mass is 10.1. The van der Waals surface area contributed by atoms with Crippen LogP contribution in [0, 0.1) is 0 Å². The first-order chi connectivity index (χ1) is 12.2. The molecule has 1 fully saturated rings. The van der Waals surface area contributed by atoms with Crippen LogP contribution in [0.15, 0.2) is 24.3 Å². The van der Waals surface area contributed by atoms with E-state index in [1.165, 1.54) is 0 Å². The molecule has 25 heavy (non-hydrogen) atoms.